The van der Waals surface area contributed by atoms with Gasteiger partial charge in [-0.15, -0.1) is 0 Å². The van der Waals surface area contributed by atoms with Gasteiger partial charge in [-0.25, -0.2) is 0 Å². The van der Waals surface area contributed by atoms with Crippen LogP contribution in [0.3, 0.4) is 0 Å². The minimum Gasteiger partial charge on any atom is -0.490 e. The quantitative estimate of drug-likeness (QED) is 0.616. The lowest BCUT2D eigenvalue weighted by atomic mass is 10.3. The van der Waals surface area contributed by atoms with E-state index in [9.17, 15) is 4.79 Å². The van der Waals surface area contributed by atoms with Gasteiger partial charge in [0.2, 0.25) is 0 Å². The molecule has 2 rings (SSSR count). The molecule has 0 spiro atoms. The van der Waals surface area contributed by atoms with Crippen molar-refractivity contribution in [3.05, 3.63) is 28.7 Å². The number of benzene rings is 1. The van der Waals surface area contributed by atoms with Crippen LogP contribution in [0.1, 0.15) is 12.8 Å². The van der Waals surface area contributed by atoms with E-state index in [4.69, 9.17) is 9.47 Å². The van der Waals surface area contributed by atoms with Gasteiger partial charge in [-0.3, -0.25) is 4.79 Å². The molecule has 16 heavy (non-hydrogen) atoms. The van der Waals surface area contributed by atoms with Crippen molar-refractivity contribution in [3.63, 3.8) is 0 Å². The molecular weight excluding hydrogens is 272 g/mol. The van der Waals surface area contributed by atoms with Crippen LogP contribution in [0.4, 0.5) is 0 Å². The summed E-state index contributed by atoms with van der Waals surface area (Å²) >= 11 is 3.34. The molecular formula is C12H13BrO3. The zero-order valence-corrected chi connectivity index (χ0v) is 10.4. The number of carbonyl (C=O) groups is 1. The first-order valence-electron chi connectivity index (χ1n) is 5.31. The molecule has 0 aliphatic heterocycles. The van der Waals surface area contributed by atoms with Gasteiger partial charge in [-0.05, 0) is 37.1 Å². The first kappa shape index (κ1) is 11.5. The Morgan fingerprint density at radius 3 is 2.56 bits per heavy atom. The molecule has 1 saturated carbocycles. The first-order valence-corrected chi connectivity index (χ1v) is 6.10. The van der Waals surface area contributed by atoms with Gasteiger partial charge in [0, 0.05) is 4.47 Å². The molecule has 0 heterocycles. The fraction of sp³-hybridized carbons (Fsp3) is 0.417. The maximum atomic E-state index is 11.2. The lowest BCUT2D eigenvalue weighted by Gasteiger charge is -2.06. The molecule has 3 nitrogen and oxygen atoms in total. The molecule has 0 atom stereocenters. The highest BCUT2D eigenvalue weighted by atomic mass is 79.9. The summed E-state index contributed by atoms with van der Waals surface area (Å²) < 4.78 is 11.5. The Labute approximate surface area is 103 Å². The Morgan fingerprint density at radius 1 is 1.25 bits per heavy atom. The number of rotatable bonds is 5. The number of carbonyl (C=O) groups excluding carboxylic acids is 1. The molecule has 1 aliphatic carbocycles. The summed E-state index contributed by atoms with van der Waals surface area (Å²) in [5.74, 6) is 0.859. The molecule has 86 valence electrons. The monoisotopic (exact) mass is 284 g/mol. The van der Waals surface area contributed by atoms with E-state index in [0.29, 0.717) is 13.2 Å². The normalized spacial score (nSPS) is 14.6. The third-order valence-corrected chi connectivity index (χ3v) is 2.85. The fourth-order valence-corrected chi connectivity index (χ4v) is 1.53. The molecule has 0 bridgehead atoms. The van der Waals surface area contributed by atoms with E-state index in [1.54, 1.807) is 0 Å². The van der Waals surface area contributed by atoms with Gasteiger partial charge >= 0.3 is 5.97 Å². The van der Waals surface area contributed by atoms with E-state index in [0.717, 1.165) is 23.1 Å². The minimum atomic E-state index is -0.0839. The van der Waals surface area contributed by atoms with Crippen molar-refractivity contribution < 1.29 is 14.3 Å². The highest BCUT2D eigenvalue weighted by Crippen LogP contribution is 2.29. The summed E-state index contributed by atoms with van der Waals surface area (Å²) in [6, 6.07) is 7.55. The average molecular weight is 285 g/mol. The molecule has 1 aliphatic rings. The van der Waals surface area contributed by atoms with Crippen molar-refractivity contribution in [1.29, 1.82) is 0 Å². The molecule has 1 fully saturated rings. The number of esters is 1. The van der Waals surface area contributed by atoms with Gasteiger partial charge in [0.25, 0.3) is 0 Å². The molecule has 0 unspecified atom stereocenters. The number of hydrogen-bond donors (Lipinski definition) is 0. The molecule has 1 aromatic carbocycles. The Bertz CT molecular complexity index is 357. The van der Waals surface area contributed by atoms with Crippen LogP contribution in [-0.4, -0.2) is 19.2 Å². The number of halogens is 1. The molecule has 0 amide bonds. The summed E-state index contributed by atoms with van der Waals surface area (Å²) in [6.45, 7) is 0.728. The molecule has 1 aromatic rings. The van der Waals surface area contributed by atoms with E-state index >= 15 is 0 Å². The highest BCUT2D eigenvalue weighted by molar-refractivity contribution is 9.10. The largest absolute Gasteiger partial charge is 0.490 e. The van der Waals surface area contributed by atoms with Crippen LogP contribution in [0.25, 0.3) is 0 Å². The minimum absolute atomic E-state index is 0.0839. The second-order valence-electron chi connectivity index (χ2n) is 3.74. The summed E-state index contributed by atoms with van der Waals surface area (Å²) in [7, 11) is 0. The SMILES string of the molecule is O=C(OCCOc1ccc(Br)cc1)C1CC1. The Hall–Kier alpha value is -1.03. The third-order valence-electron chi connectivity index (χ3n) is 2.32. The second kappa shape index (κ2) is 5.34. The third kappa shape index (κ3) is 3.52. The lowest BCUT2D eigenvalue weighted by molar-refractivity contribution is -0.145. The topological polar surface area (TPSA) is 35.5 Å². The van der Waals surface area contributed by atoms with Crippen LogP contribution in [0.15, 0.2) is 28.7 Å². The highest BCUT2D eigenvalue weighted by Gasteiger charge is 2.30. The van der Waals surface area contributed by atoms with Gasteiger partial charge in [0.05, 0.1) is 5.92 Å². The van der Waals surface area contributed by atoms with Crippen LogP contribution in [0.5, 0.6) is 5.75 Å². The Kier molecular flexibility index (Phi) is 3.83. The van der Waals surface area contributed by atoms with Crippen molar-refractivity contribution in [3.8, 4) is 5.75 Å². The standard InChI is InChI=1S/C12H13BrO3/c13-10-3-5-11(6-4-10)15-7-8-16-12(14)9-1-2-9/h3-6,9H,1-2,7-8H2. The van der Waals surface area contributed by atoms with Crippen molar-refractivity contribution in [2.45, 2.75) is 12.8 Å². The second-order valence-corrected chi connectivity index (χ2v) is 4.66. The van der Waals surface area contributed by atoms with Crippen molar-refractivity contribution in [2.24, 2.45) is 5.92 Å². The maximum Gasteiger partial charge on any atom is 0.309 e. The van der Waals surface area contributed by atoms with E-state index in [1.807, 2.05) is 24.3 Å². The van der Waals surface area contributed by atoms with Crippen molar-refractivity contribution in [2.75, 3.05) is 13.2 Å². The van der Waals surface area contributed by atoms with Crippen molar-refractivity contribution >= 4 is 21.9 Å². The van der Waals surface area contributed by atoms with Crippen LogP contribution < -0.4 is 4.74 Å². The molecule has 0 N–H and O–H groups in total. The predicted molar refractivity (Wildman–Crippen MR) is 63.3 cm³/mol. The lowest BCUT2D eigenvalue weighted by Crippen LogP contribution is -2.13. The van der Waals surface area contributed by atoms with Crippen LogP contribution >= 0.6 is 15.9 Å². The predicted octanol–water partition coefficient (Wildman–Crippen LogP) is 2.78. The van der Waals surface area contributed by atoms with E-state index in [2.05, 4.69) is 15.9 Å². The Morgan fingerprint density at radius 2 is 1.94 bits per heavy atom. The van der Waals surface area contributed by atoms with Crippen LogP contribution in [0, 0.1) is 5.92 Å². The van der Waals surface area contributed by atoms with Gasteiger partial charge in [0.15, 0.2) is 0 Å². The summed E-state index contributed by atoms with van der Waals surface area (Å²) in [5.41, 5.74) is 0. The molecule has 0 saturated heterocycles. The summed E-state index contributed by atoms with van der Waals surface area (Å²) in [5, 5.41) is 0. The van der Waals surface area contributed by atoms with Crippen LogP contribution in [0.2, 0.25) is 0 Å². The van der Waals surface area contributed by atoms with Gasteiger partial charge in [-0.2, -0.15) is 0 Å². The van der Waals surface area contributed by atoms with E-state index in [1.165, 1.54) is 0 Å². The van der Waals surface area contributed by atoms with E-state index in [-0.39, 0.29) is 11.9 Å². The van der Waals surface area contributed by atoms with Gasteiger partial charge < -0.3 is 9.47 Å². The van der Waals surface area contributed by atoms with Crippen molar-refractivity contribution in [1.82, 2.24) is 0 Å². The summed E-state index contributed by atoms with van der Waals surface area (Å²) in [4.78, 5) is 11.2. The molecule has 0 aromatic heterocycles. The first-order chi connectivity index (χ1) is 7.75. The number of ether oxygens (including phenoxy) is 2. The maximum absolute atomic E-state index is 11.2. The fourth-order valence-electron chi connectivity index (χ4n) is 1.27. The Balaban J connectivity index is 1.63. The van der Waals surface area contributed by atoms with Gasteiger partial charge in [-0.1, -0.05) is 15.9 Å². The zero-order chi connectivity index (χ0) is 11.4. The van der Waals surface area contributed by atoms with E-state index < -0.39 is 0 Å². The van der Waals surface area contributed by atoms with Crippen LogP contribution in [-0.2, 0) is 9.53 Å². The average Bonchev–Trinajstić information content (AvgIpc) is 3.10. The van der Waals surface area contributed by atoms with Gasteiger partial charge in [0.1, 0.15) is 19.0 Å². The number of hydrogen-bond acceptors (Lipinski definition) is 3. The smallest absolute Gasteiger partial charge is 0.309 e. The zero-order valence-electron chi connectivity index (χ0n) is 8.82. The summed E-state index contributed by atoms with van der Waals surface area (Å²) in [6.07, 6.45) is 1.96. The molecule has 4 heteroatoms. The molecule has 0 radical (unpaired) electrons.